The average Bonchev–Trinajstić information content (AvgIpc) is 2.50. The Kier molecular flexibility index (Phi) is 7.11. The van der Waals surface area contributed by atoms with Crippen molar-refractivity contribution >= 4 is 35.2 Å². The van der Waals surface area contributed by atoms with Gasteiger partial charge in [-0.2, -0.15) is 0 Å². The fourth-order valence-corrected chi connectivity index (χ4v) is 3.29. The van der Waals surface area contributed by atoms with Crippen molar-refractivity contribution in [2.75, 3.05) is 19.6 Å². The minimum Gasteiger partial charge on any atom is -0.373 e. The van der Waals surface area contributed by atoms with Crippen LogP contribution in [-0.2, 0) is 9.53 Å². The zero-order valence-corrected chi connectivity index (χ0v) is 15.8. The molecule has 0 saturated carbocycles. The number of hydrogen-bond acceptors (Lipinski definition) is 3. The molecule has 0 aromatic heterocycles. The molecule has 1 aromatic rings. The predicted octanol–water partition coefficient (Wildman–Crippen LogP) is 3.62. The number of ether oxygens (including phenoxy) is 1. The minimum absolute atomic E-state index is 0.137. The van der Waals surface area contributed by atoms with E-state index in [1.165, 1.54) is 6.08 Å². The van der Waals surface area contributed by atoms with Crippen LogP contribution < -0.4 is 5.32 Å². The molecule has 0 aliphatic carbocycles. The second kappa shape index (κ2) is 8.86. The second-order valence-corrected chi connectivity index (χ2v) is 7.15. The van der Waals surface area contributed by atoms with E-state index in [4.69, 9.17) is 27.9 Å². The minimum atomic E-state index is -0.137. The number of hydrogen-bond donors (Lipinski definition) is 1. The Hall–Kier alpha value is -1.07. The summed E-state index contributed by atoms with van der Waals surface area (Å²) in [7, 11) is 0. The SMILES string of the molecule is CC1CN(C(C)CNC(=O)C=Cc2ccc(Cl)cc2Cl)CC(C)O1. The van der Waals surface area contributed by atoms with Crippen LogP contribution in [0, 0.1) is 0 Å². The van der Waals surface area contributed by atoms with E-state index in [2.05, 4.69) is 31.0 Å². The van der Waals surface area contributed by atoms with E-state index >= 15 is 0 Å². The van der Waals surface area contributed by atoms with Crippen molar-refractivity contribution in [3.63, 3.8) is 0 Å². The van der Waals surface area contributed by atoms with Crippen LogP contribution in [0.1, 0.15) is 26.3 Å². The number of rotatable bonds is 5. The summed E-state index contributed by atoms with van der Waals surface area (Å²) in [6, 6.07) is 5.44. The number of nitrogens with zero attached hydrogens (tertiary/aromatic N) is 1. The molecular weight excluding hydrogens is 347 g/mol. The van der Waals surface area contributed by atoms with Gasteiger partial charge in [-0.05, 0) is 44.5 Å². The van der Waals surface area contributed by atoms with Crippen LogP contribution >= 0.6 is 23.2 Å². The van der Waals surface area contributed by atoms with Gasteiger partial charge in [0.25, 0.3) is 0 Å². The number of benzene rings is 1. The van der Waals surface area contributed by atoms with Crippen molar-refractivity contribution < 1.29 is 9.53 Å². The van der Waals surface area contributed by atoms with E-state index in [1.54, 1.807) is 24.3 Å². The zero-order valence-electron chi connectivity index (χ0n) is 14.3. The van der Waals surface area contributed by atoms with Gasteiger partial charge in [0, 0.05) is 41.8 Å². The molecule has 132 valence electrons. The van der Waals surface area contributed by atoms with Gasteiger partial charge >= 0.3 is 0 Å². The summed E-state index contributed by atoms with van der Waals surface area (Å²) in [6.07, 6.45) is 3.63. The predicted molar refractivity (Wildman–Crippen MR) is 99.5 cm³/mol. The van der Waals surface area contributed by atoms with Gasteiger partial charge in [-0.15, -0.1) is 0 Å². The largest absolute Gasteiger partial charge is 0.373 e. The van der Waals surface area contributed by atoms with Gasteiger partial charge in [0.15, 0.2) is 0 Å². The van der Waals surface area contributed by atoms with Crippen LogP contribution in [0.3, 0.4) is 0 Å². The van der Waals surface area contributed by atoms with Crippen molar-refractivity contribution in [1.29, 1.82) is 0 Å². The fourth-order valence-electron chi connectivity index (χ4n) is 2.82. The molecule has 0 bridgehead atoms. The molecule has 1 aliphatic rings. The Morgan fingerprint density at radius 1 is 1.38 bits per heavy atom. The lowest BCUT2D eigenvalue weighted by Crippen LogP contribution is -2.52. The maximum absolute atomic E-state index is 12.0. The topological polar surface area (TPSA) is 41.6 Å². The first kappa shape index (κ1) is 19.3. The molecule has 3 unspecified atom stereocenters. The zero-order chi connectivity index (χ0) is 17.7. The summed E-state index contributed by atoms with van der Waals surface area (Å²) < 4.78 is 5.74. The summed E-state index contributed by atoms with van der Waals surface area (Å²) in [5, 5.41) is 4.03. The second-order valence-electron chi connectivity index (χ2n) is 6.30. The van der Waals surface area contributed by atoms with E-state index in [-0.39, 0.29) is 24.2 Å². The van der Waals surface area contributed by atoms with Crippen LogP contribution in [0.4, 0.5) is 0 Å². The summed E-state index contributed by atoms with van der Waals surface area (Å²) in [4.78, 5) is 14.3. The van der Waals surface area contributed by atoms with Gasteiger partial charge in [0.1, 0.15) is 0 Å². The van der Waals surface area contributed by atoms with Crippen LogP contribution in [0.25, 0.3) is 6.08 Å². The standard InChI is InChI=1S/C18H24Cl2N2O2/c1-12(22-10-13(2)24-14(3)11-22)9-21-18(23)7-5-15-4-6-16(19)8-17(15)20/h4-8,12-14H,9-11H2,1-3H3,(H,21,23). The normalized spacial score (nSPS) is 23.4. The van der Waals surface area contributed by atoms with E-state index in [0.29, 0.717) is 16.6 Å². The number of morpholine rings is 1. The number of amides is 1. The molecule has 4 nitrogen and oxygen atoms in total. The van der Waals surface area contributed by atoms with Crippen LogP contribution in [0.15, 0.2) is 24.3 Å². The van der Waals surface area contributed by atoms with Gasteiger partial charge in [-0.25, -0.2) is 0 Å². The molecule has 1 aliphatic heterocycles. The number of halogens is 2. The smallest absolute Gasteiger partial charge is 0.244 e. The van der Waals surface area contributed by atoms with Gasteiger partial charge in [-0.1, -0.05) is 29.3 Å². The molecule has 6 heteroatoms. The Labute approximate surface area is 153 Å². The van der Waals surface area contributed by atoms with Crippen LogP contribution in [-0.4, -0.2) is 48.7 Å². The molecule has 2 rings (SSSR count). The molecule has 1 amide bonds. The number of carbonyl (C=O) groups excluding carboxylic acids is 1. The number of nitrogens with one attached hydrogen (secondary N) is 1. The van der Waals surface area contributed by atoms with Gasteiger partial charge in [-0.3, -0.25) is 9.69 Å². The molecule has 1 N–H and O–H groups in total. The van der Waals surface area contributed by atoms with E-state index < -0.39 is 0 Å². The molecule has 0 spiro atoms. The summed E-state index contributed by atoms with van der Waals surface area (Å²) >= 11 is 11.9. The average molecular weight is 371 g/mol. The first-order valence-corrected chi connectivity index (χ1v) is 8.91. The third-order valence-corrected chi connectivity index (χ3v) is 4.58. The molecule has 1 saturated heterocycles. The monoisotopic (exact) mass is 370 g/mol. The molecular formula is C18H24Cl2N2O2. The highest BCUT2D eigenvalue weighted by atomic mass is 35.5. The van der Waals surface area contributed by atoms with Crippen molar-refractivity contribution in [2.45, 2.75) is 39.0 Å². The fraction of sp³-hybridized carbons (Fsp3) is 0.500. The lowest BCUT2D eigenvalue weighted by Gasteiger charge is -2.38. The van der Waals surface area contributed by atoms with Crippen molar-refractivity contribution in [3.8, 4) is 0 Å². The Balaban J connectivity index is 1.83. The van der Waals surface area contributed by atoms with Crippen LogP contribution in [0.5, 0.6) is 0 Å². The highest BCUT2D eigenvalue weighted by Crippen LogP contribution is 2.21. The maximum Gasteiger partial charge on any atom is 0.244 e. The Bertz CT molecular complexity index is 597. The van der Waals surface area contributed by atoms with Crippen molar-refractivity contribution in [3.05, 3.63) is 39.9 Å². The Morgan fingerprint density at radius 2 is 2.04 bits per heavy atom. The van der Waals surface area contributed by atoms with Gasteiger partial charge < -0.3 is 10.1 Å². The molecule has 0 radical (unpaired) electrons. The first-order valence-electron chi connectivity index (χ1n) is 8.15. The summed E-state index contributed by atoms with van der Waals surface area (Å²) in [5.74, 6) is -0.137. The van der Waals surface area contributed by atoms with Crippen molar-refractivity contribution in [1.82, 2.24) is 10.2 Å². The van der Waals surface area contributed by atoms with E-state index in [9.17, 15) is 4.79 Å². The lowest BCUT2D eigenvalue weighted by molar-refractivity contribution is -0.117. The molecule has 1 aromatic carbocycles. The summed E-state index contributed by atoms with van der Waals surface area (Å²) in [6.45, 7) is 8.64. The lowest BCUT2D eigenvalue weighted by atomic mass is 10.1. The highest BCUT2D eigenvalue weighted by Gasteiger charge is 2.25. The Morgan fingerprint density at radius 3 is 2.67 bits per heavy atom. The van der Waals surface area contributed by atoms with Crippen molar-refractivity contribution in [2.24, 2.45) is 0 Å². The first-order chi connectivity index (χ1) is 11.3. The highest BCUT2D eigenvalue weighted by molar-refractivity contribution is 6.35. The van der Waals surface area contributed by atoms with Gasteiger partial charge in [0.2, 0.25) is 5.91 Å². The maximum atomic E-state index is 12.0. The third-order valence-electron chi connectivity index (χ3n) is 4.02. The number of carbonyl (C=O) groups is 1. The molecule has 1 heterocycles. The van der Waals surface area contributed by atoms with Crippen LogP contribution in [0.2, 0.25) is 10.0 Å². The molecule has 1 fully saturated rings. The van der Waals surface area contributed by atoms with Gasteiger partial charge in [0.05, 0.1) is 12.2 Å². The van der Waals surface area contributed by atoms with E-state index in [0.717, 1.165) is 18.7 Å². The molecule has 3 atom stereocenters. The summed E-state index contributed by atoms with van der Waals surface area (Å²) in [5.41, 5.74) is 0.764. The van der Waals surface area contributed by atoms with E-state index in [1.807, 2.05) is 0 Å². The quantitative estimate of drug-likeness (QED) is 0.804. The molecule has 24 heavy (non-hydrogen) atoms. The third kappa shape index (κ3) is 5.78.